The van der Waals surface area contributed by atoms with Gasteiger partial charge in [0, 0.05) is 7.05 Å². The molecule has 1 aromatic heterocycles. The van der Waals surface area contributed by atoms with Gasteiger partial charge in [-0.2, -0.15) is 18.4 Å². The number of nitriles is 1. The average molecular weight is 225 g/mol. The Balaban J connectivity index is 2.74. The van der Waals surface area contributed by atoms with Crippen molar-refractivity contribution in [1.82, 2.24) is 9.55 Å². The van der Waals surface area contributed by atoms with Crippen LogP contribution < -0.4 is 0 Å². The Morgan fingerprint density at radius 2 is 2.06 bits per heavy atom. The zero-order valence-corrected chi connectivity index (χ0v) is 8.21. The lowest BCUT2D eigenvalue weighted by atomic mass is 10.2. The van der Waals surface area contributed by atoms with Gasteiger partial charge in [-0.15, -0.1) is 0 Å². The number of alkyl halides is 3. The van der Waals surface area contributed by atoms with E-state index < -0.39 is 12.0 Å². The van der Waals surface area contributed by atoms with Gasteiger partial charge < -0.3 is 4.57 Å². The van der Waals surface area contributed by atoms with Crippen LogP contribution in [0.2, 0.25) is 0 Å². The van der Waals surface area contributed by atoms with Gasteiger partial charge in [-0.3, -0.25) is 0 Å². The summed E-state index contributed by atoms with van der Waals surface area (Å²) in [5.74, 6) is -0.961. The summed E-state index contributed by atoms with van der Waals surface area (Å²) in [5.41, 5.74) is 0.819. The minimum absolute atomic E-state index is 0.175. The Hall–Kier alpha value is -2.03. The van der Waals surface area contributed by atoms with Gasteiger partial charge in [0.15, 0.2) is 0 Å². The lowest BCUT2D eigenvalue weighted by molar-refractivity contribution is -0.146. The number of fused-ring (bicyclic) bond motifs is 1. The second-order valence-corrected chi connectivity index (χ2v) is 3.31. The number of benzene rings is 1. The van der Waals surface area contributed by atoms with Crippen molar-refractivity contribution in [3.8, 4) is 6.07 Å². The number of aryl methyl sites for hydroxylation is 1. The summed E-state index contributed by atoms with van der Waals surface area (Å²) in [4.78, 5) is 3.48. The van der Waals surface area contributed by atoms with Crippen LogP contribution in [-0.2, 0) is 13.2 Å². The Morgan fingerprint density at radius 3 is 2.62 bits per heavy atom. The van der Waals surface area contributed by atoms with E-state index in [1.54, 1.807) is 0 Å². The highest BCUT2D eigenvalue weighted by atomic mass is 19.4. The molecule has 0 radical (unpaired) electrons. The molecule has 16 heavy (non-hydrogen) atoms. The molecule has 82 valence electrons. The Kier molecular flexibility index (Phi) is 2.12. The van der Waals surface area contributed by atoms with Crippen LogP contribution in [0.4, 0.5) is 13.2 Å². The molecule has 0 bridgehead atoms. The van der Waals surface area contributed by atoms with E-state index in [1.165, 1.54) is 25.2 Å². The van der Waals surface area contributed by atoms with Gasteiger partial charge in [-0.25, -0.2) is 4.98 Å². The van der Waals surface area contributed by atoms with Crippen LogP contribution in [0.25, 0.3) is 11.0 Å². The van der Waals surface area contributed by atoms with Crippen molar-refractivity contribution >= 4 is 11.0 Å². The third-order valence-electron chi connectivity index (χ3n) is 2.26. The van der Waals surface area contributed by atoms with Gasteiger partial charge in [0.25, 0.3) is 0 Å². The zero-order chi connectivity index (χ0) is 11.9. The molecule has 1 aromatic carbocycles. The van der Waals surface area contributed by atoms with Crippen LogP contribution in [-0.4, -0.2) is 9.55 Å². The van der Waals surface area contributed by atoms with E-state index in [1.807, 2.05) is 6.07 Å². The molecular weight excluding hydrogens is 219 g/mol. The van der Waals surface area contributed by atoms with E-state index in [0.29, 0.717) is 11.1 Å². The summed E-state index contributed by atoms with van der Waals surface area (Å²) < 4.78 is 38.5. The van der Waals surface area contributed by atoms with Crippen molar-refractivity contribution in [3.05, 3.63) is 29.6 Å². The molecule has 0 aliphatic heterocycles. The SMILES string of the molecule is Cn1c(C(F)(F)F)nc2cc(C#N)ccc21. The van der Waals surface area contributed by atoms with Crippen LogP contribution in [0.5, 0.6) is 0 Å². The topological polar surface area (TPSA) is 41.6 Å². The smallest absolute Gasteiger partial charge is 0.323 e. The maximum atomic E-state index is 12.5. The lowest BCUT2D eigenvalue weighted by Crippen LogP contribution is -2.12. The number of rotatable bonds is 0. The molecule has 2 rings (SSSR count). The van der Waals surface area contributed by atoms with Crippen LogP contribution in [0, 0.1) is 11.3 Å². The largest absolute Gasteiger partial charge is 0.449 e. The van der Waals surface area contributed by atoms with Gasteiger partial charge in [-0.05, 0) is 18.2 Å². The number of halogens is 3. The van der Waals surface area contributed by atoms with Crippen LogP contribution in [0.15, 0.2) is 18.2 Å². The number of imidazole rings is 1. The molecule has 0 amide bonds. The summed E-state index contributed by atoms with van der Waals surface area (Å²) in [6.07, 6.45) is -4.49. The Labute approximate surface area is 88.7 Å². The Bertz CT molecular complexity index is 590. The standard InChI is InChI=1S/C10H6F3N3/c1-16-8-3-2-6(5-14)4-7(8)15-9(16)10(11,12)13/h2-4H,1H3. The average Bonchev–Trinajstić information content (AvgIpc) is 2.55. The van der Waals surface area contributed by atoms with E-state index in [4.69, 9.17) is 5.26 Å². The summed E-state index contributed by atoms with van der Waals surface area (Å²) in [5, 5.41) is 8.63. The molecule has 0 N–H and O–H groups in total. The number of hydrogen-bond acceptors (Lipinski definition) is 2. The molecule has 2 aromatic rings. The predicted molar refractivity (Wildman–Crippen MR) is 50.4 cm³/mol. The minimum atomic E-state index is -4.49. The van der Waals surface area contributed by atoms with Gasteiger partial charge in [-0.1, -0.05) is 0 Å². The summed E-state index contributed by atoms with van der Waals surface area (Å²) in [7, 11) is 1.30. The van der Waals surface area contributed by atoms with E-state index >= 15 is 0 Å². The fourth-order valence-corrected chi connectivity index (χ4v) is 1.52. The fraction of sp³-hybridized carbons (Fsp3) is 0.200. The van der Waals surface area contributed by atoms with Crippen molar-refractivity contribution in [2.45, 2.75) is 6.18 Å². The molecule has 0 saturated heterocycles. The first-order valence-corrected chi connectivity index (χ1v) is 4.37. The molecule has 0 aliphatic rings. The first-order valence-electron chi connectivity index (χ1n) is 4.37. The monoisotopic (exact) mass is 225 g/mol. The quantitative estimate of drug-likeness (QED) is 0.691. The second kappa shape index (κ2) is 3.23. The highest BCUT2D eigenvalue weighted by molar-refractivity contribution is 5.77. The molecule has 3 nitrogen and oxygen atoms in total. The van der Waals surface area contributed by atoms with Crippen LogP contribution >= 0.6 is 0 Å². The molecule has 6 heteroatoms. The molecule has 0 aliphatic carbocycles. The highest BCUT2D eigenvalue weighted by Gasteiger charge is 2.36. The molecule has 1 heterocycles. The van der Waals surface area contributed by atoms with Crippen LogP contribution in [0.1, 0.15) is 11.4 Å². The van der Waals surface area contributed by atoms with Crippen molar-refractivity contribution in [1.29, 1.82) is 5.26 Å². The predicted octanol–water partition coefficient (Wildman–Crippen LogP) is 2.46. The first kappa shape index (κ1) is 10.5. The van der Waals surface area contributed by atoms with E-state index in [-0.39, 0.29) is 5.52 Å². The first-order chi connectivity index (χ1) is 7.43. The number of hydrogen-bond donors (Lipinski definition) is 0. The van der Waals surface area contributed by atoms with Gasteiger partial charge in [0.2, 0.25) is 5.82 Å². The molecule has 0 saturated carbocycles. The lowest BCUT2D eigenvalue weighted by Gasteiger charge is -2.05. The van der Waals surface area contributed by atoms with Gasteiger partial charge >= 0.3 is 6.18 Å². The molecule has 0 fully saturated rings. The van der Waals surface area contributed by atoms with Gasteiger partial charge in [0.1, 0.15) is 0 Å². The maximum absolute atomic E-state index is 12.5. The number of aromatic nitrogens is 2. The molecule has 0 atom stereocenters. The van der Waals surface area contributed by atoms with Crippen LogP contribution in [0.3, 0.4) is 0 Å². The summed E-state index contributed by atoms with van der Waals surface area (Å²) >= 11 is 0. The molecular formula is C10H6F3N3. The summed E-state index contributed by atoms with van der Waals surface area (Å²) in [6.45, 7) is 0. The van der Waals surface area contributed by atoms with E-state index in [9.17, 15) is 13.2 Å². The van der Waals surface area contributed by atoms with Crippen molar-refractivity contribution in [3.63, 3.8) is 0 Å². The van der Waals surface area contributed by atoms with E-state index in [0.717, 1.165) is 4.57 Å². The normalized spacial score (nSPS) is 11.7. The van der Waals surface area contributed by atoms with Crippen molar-refractivity contribution < 1.29 is 13.2 Å². The summed E-state index contributed by atoms with van der Waals surface area (Å²) in [6, 6.07) is 6.11. The third kappa shape index (κ3) is 1.50. The second-order valence-electron chi connectivity index (χ2n) is 3.31. The minimum Gasteiger partial charge on any atom is -0.323 e. The Morgan fingerprint density at radius 1 is 1.38 bits per heavy atom. The maximum Gasteiger partial charge on any atom is 0.449 e. The third-order valence-corrected chi connectivity index (χ3v) is 2.26. The fourth-order valence-electron chi connectivity index (χ4n) is 1.52. The highest BCUT2D eigenvalue weighted by Crippen LogP contribution is 2.30. The van der Waals surface area contributed by atoms with Gasteiger partial charge in [0.05, 0.1) is 22.7 Å². The number of nitrogens with zero attached hydrogens (tertiary/aromatic N) is 3. The van der Waals surface area contributed by atoms with Crippen molar-refractivity contribution in [2.24, 2.45) is 7.05 Å². The molecule has 0 unspecified atom stereocenters. The van der Waals surface area contributed by atoms with Crippen molar-refractivity contribution in [2.75, 3.05) is 0 Å². The molecule has 0 spiro atoms. The zero-order valence-electron chi connectivity index (χ0n) is 8.21. The van der Waals surface area contributed by atoms with E-state index in [2.05, 4.69) is 4.98 Å².